The van der Waals surface area contributed by atoms with Crippen LogP contribution in [0.1, 0.15) is 18.9 Å². The highest BCUT2D eigenvalue weighted by Crippen LogP contribution is 2.37. The van der Waals surface area contributed by atoms with E-state index in [2.05, 4.69) is 10.3 Å². The second kappa shape index (κ2) is 9.03. The molecular formula is C20H18ClFN2O3S. The molecule has 28 heavy (non-hydrogen) atoms. The van der Waals surface area contributed by atoms with E-state index in [1.807, 2.05) is 6.92 Å². The third-order valence-electron chi connectivity index (χ3n) is 3.71. The summed E-state index contributed by atoms with van der Waals surface area (Å²) in [7, 11) is 1.53. The number of carbonyl (C=O) groups excluding carboxylic acids is 1. The number of hydrogen-bond donors (Lipinski definition) is 1. The van der Waals surface area contributed by atoms with Crippen molar-refractivity contribution in [1.82, 2.24) is 4.98 Å². The van der Waals surface area contributed by atoms with Crippen molar-refractivity contribution >= 4 is 50.3 Å². The van der Waals surface area contributed by atoms with Crippen molar-refractivity contribution in [2.45, 2.75) is 13.3 Å². The highest BCUT2D eigenvalue weighted by atomic mass is 35.5. The molecule has 0 aliphatic heterocycles. The number of carbonyl (C=O) groups is 1. The van der Waals surface area contributed by atoms with E-state index in [0.717, 1.165) is 6.42 Å². The maximum Gasteiger partial charge on any atom is 0.250 e. The third kappa shape index (κ3) is 4.79. The molecule has 1 aromatic heterocycles. The quantitative estimate of drug-likeness (QED) is 0.510. The molecule has 3 aromatic rings. The van der Waals surface area contributed by atoms with Crippen LogP contribution in [0.15, 0.2) is 36.4 Å². The van der Waals surface area contributed by atoms with Crippen molar-refractivity contribution in [1.29, 1.82) is 0 Å². The van der Waals surface area contributed by atoms with Crippen molar-refractivity contribution in [2.75, 3.05) is 19.0 Å². The van der Waals surface area contributed by atoms with E-state index in [1.54, 1.807) is 24.3 Å². The number of nitrogens with zero attached hydrogens (tertiary/aromatic N) is 1. The van der Waals surface area contributed by atoms with Gasteiger partial charge in [-0.1, -0.05) is 29.9 Å². The van der Waals surface area contributed by atoms with E-state index in [-0.39, 0.29) is 11.7 Å². The fraction of sp³-hybridized carbons (Fsp3) is 0.200. The van der Waals surface area contributed by atoms with Crippen LogP contribution in [0.2, 0.25) is 5.02 Å². The van der Waals surface area contributed by atoms with Gasteiger partial charge in [0, 0.05) is 6.08 Å². The molecule has 0 saturated carbocycles. The molecule has 1 heterocycles. The molecule has 8 heteroatoms. The maximum atomic E-state index is 13.3. The van der Waals surface area contributed by atoms with Crippen molar-refractivity contribution in [3.8, 4) is 11.5 Å². The molecule has 0 atom stereocenters. The zero-order valence-electron chi connectivity index (χ0n) is 15.3. The van der Waals surface area contributed by atoms with Crippen LogP contribution in [-0.4, -0.2) is 24.6 Å². The molecule has 0 fully saturated rings. The van der Waals surface area contributed by atoms with Crippen LogP contribution in [0.5, 0.6) is 11.5 Å². The molecule has 0 aliphatic rings. The van der Waals surface area contributed by atoms with Gasteiger partial charge in [-0.3, -0.25) is 10.1 Å². The smallest absolute Gasteiger partial charge is 0.250 e. The van der Waals surface area contributed by atoms with Gasteiger partial charge in [-0.15, -0.1) is 0 Å². The molecular weight excluding hydrogens is 403 g/mol. The fourth-order valence-electron chi connectivity index (χ4n) is 2.45. The molecule has 1 N–H and O–H groups in total. The van der Waals surface area contributed by atoms with E-state index in [9.17, 15) is 9.18 Å². The second-order valence-corrected chi connectivity index (χ2v) is 7.27. The first-order chi connectivity index (χ1) is 13.5. The van der Waals surface area contributed by atoms with Crippen LogP contribution < -0.4 is 14.8 Å². The molecule has 0 bridgehead atoms. The Morgan fingerprint density at radius 3 is 2.93 bits per heavy atom. The van der Waals surface area contributed by atoms with Crippen LogP contribution in [0, 0.1) is 5.82 Å². The largest absolute Gasteiger partial charge is 0.493 e. The molecule has 0 radical (unpaired) electrons. The lowest BCUT2D eigenvalue weighted by molar-refractivity contribution is -0.111. The summed E-state index contributed by atoms with van der Waals surface area (Å²) < 4.78 is 24.9. The van der Waals surface area contributed by atoms with E-state index in [0.29, 0.717) is 44.0 Å². The van der Waals surface area contributed by atoms with Crippen molar-refractivity contribution in [3.05, 3.63) is 52.8 Å². The Bertz CT molecular complexity index is 1040. The summed E-state index contributed by atoms with van der Waals surface area (Å²) in [6.45, 7) is 2.53. The predicted octanol–water partition coefficient (Wildman–Crippen LogP) is 5.54. The highest BCUT2D eigenvalue weighted by Gasteiger charge is 2.11. The molecule has 1 amide bonds. The Labute approximate surface area is 170 Å². The van der Waals surface area contributed by atoms with Crippen LogP contribution in [0.4, 0.5) is 9.52 Å². The van der Waals surface area contributed by atoms with E-state index >= 15 is 0 Å². The Kier molecular flexibility index (Phi) is 6.49. The second-order valence-electron chi connectivity index (χ2n) is 5.84. The highest BCUT2D eigenvalue weighted by molar-refractivity contribution is 7.22. The van der Waals surface area contributed by atoms with Gasteiger partial charge in [-0.25, -0.2) is 9.37 Å². The summed E-state index contributed by atoms with van der Waals surface area (Å²) in [5.74, 6) is 0.274. The Morgan fingerprint density at radius 2 is 2.18 bits per heavy atom. The minimum Gasteiger partial charge on any atom is -0.493 e. The average Bonchev–Trinajstić information content (AvgIpc) is 3.06. The lowest BCUT2D eigenvalue weighted by Crippen LogP contribution is -2.07. The normalized spacial score (nSPS) is 11.1. The molecule has 0 aliphatic carbocycles. The van der Waals surface area contributed by atoms with Gasteiger partial charge in [0.15, 0.2) is 16.6 Å². The first-order valence-corrected chi connectivity index (χ1v) is 9.75. The maximum absolute atomic E-state index is 13.3. The van der Waals surface area contributed by atoms with Crippen LogP contribution in [0.3, 0.4) is 0 Å². The number of anilines is 1. The minimum atomic E-state index is -0.360. The van der Waals surface area contributed by atoms with E-state index < -0.39 is 0 Å². The Morgan fingerprint density at radius 1 is 1.36 bits per heavy atom. The molecule has 0 unspecified atom stereocenters. The minimum absolute atomic E-state index is 0.342. The summed E-state index contributed by atoms with van der Waals surface area (Å²) >= 11 is 7.48. The number of ether oxygens (including phenoxy) is 2. The average molecular weight is 421 g/mol. The molecule has 0 saturated heterocycles. The van der Waals surface area contributed by atoms with Crippen molar-refractivity contribution in [2.24, 2.45) is 0 Å². The Balaban J connectivity index is 1.73. The monoisotopic (exact) mass is 420 g/mol. The third-order valence-corrected chi connectivity index (χ3v) is 4.92. The number of methoxy groups -OCH3 is 1. The van der Waals surface area contributed by atoms with Gasteiger partial charge in [-0.2, -0.15) is 0 Å². The zero-order valence-corrected chi connectivity index (χ0v) is 16.9. The van der Waals surface area contributed by atoms with Gasteiger partial charge in [-0.05, 0) is 48.4 Å². The van der Waals surface area contributed by atoms with Crippen molar-refractivity contribution in [3.63, 3.8) is 0 Å². The first-order valence-electron chi connectivity index (χ1n) is 8.55. The molecule has 146 valence electrons. The summed E-state index contributed by atoms with van der Waals surface area (Å²) in [5, 5.41) is 3.48. The zero-order chi connectivity index (χ0) is 20.1. The number of nitrogens with one attached hydrogen (secondary N) is 1. The summed E-state index contributed by atoms with van der Waals surface area (Å²) in [6, 6.07) is 7.72. The predicted molar refractivity (Wildman–Crippen MR) is 111 cm³/mol. The van der Waals surface area contributed by atoms with Gasteiger partial charge in [0.2, 0.25) is 5.91 Å². The van der Waals surface area contributed by atoms with Gasteiger partial charge in [0.05, 0.1) is 29.0 Å². The van der Waals surface area contributed by atoms with E-state index in [1.165, 1.54) is 36.7 Å². The molecule has 3 rings (SSSR count). The summed E-state index contributed by atoms with van der Waals surface area (Å²) in [6.07, 6.45) is 3.82. The molecule has 5 nitrogen and oxygen atoms in total. The number of rotatable bonds is 7. The van der Waals surface area contributed by atoms with E-state index in [4.69, 9.17) is 21.1 Å². The number of amides is 1. The number of aromatic nitrogens is 1. The topological polar surface area (TPSA) is 60.5 Å². The van der Waals surface area contributed by atoms with Gasteiger partial charge in [0.1, 0.15) is 5.82 Å². The van der Waals surface area contributed by atoms with Crippen LogP contribution in [0.25, 0.3) is 16.3 Å². The molecule has 2 aromatic carbocycles. The SMILES string of the molecule is CCCOc1c(Cl)cc(/C=C/C(=O)Nc2nc3ccc(F)cc3s2)cc1OC. The van der Waals surface area contributed by atoms with Gasteiger partial charge < -0.3 is 9.47 Å². The number of halogens is 2. The summed E-state index contributed by atoms with van der Waals surface area (Å²) in [5.41, 5.74) is 1.32. The number of thiazole rings is 1. The molecule has 0 spiro atoms. The van der Waals surface area contributed by atoms with Gasteiger partial charge in [0.25, 0.3) is 0 Å². The fourth-order valence-corrected chi connectivity index (χ4v) is 3.62. The lowest BCUT2D eigenvalue weighted by Gasteiger charge is -2.12. The first kappa shape index (κ1) is 20.1. The van der Waals surface area contributed by atoms with Crippen LogP contribution >= 0.6 is 22.9 Å². The lowest BCUT2D eigenvalue weighted by atomic mass is 10.2. The number of hydrogen-bond acceptors (Lipinski definition) is 5. The standard InChI is InChI=1S/C20H18ClFN2O3S/c1-3-8-27-19-14(21)9-12(10-16(19)26-2)4-7-18(25)24-20-23-15-6-5-13(22)11-17(15)28-20/h4-7,9-11H,3,8H2,1-2H3,(H,23,24,25)/b7-4+. The number of benzene rings is 2. The van der Waals surface area contributed by atoms with Crippen LogP contribution in [-0.2, 0) is 4.79 Å². The Hall–Kier alpha value is -2.64. The summed E-state index contributed by atoms with van der Waals surface area (Å²) in [4.78, 5) is 16.4. The van der Waals surface area contributed by atoms with Crippen molar-refractivity contribution < 1.29 is 18.7 Å². The number of fused-ring (bicyclic) bond motifs is 1. The van der Waals surface area contributed by atoms with Gasteiger partial charge >= 0.3 is 0 Å².